The van der Waals surface area contributed by atoms with E-state index < -0.39 is 0 Å². The van der Waals surface area contributed by atoms with Gasteiger partial charge in [0.05, 0.1) is 38.3 Å². The van der Waals surface area contributed by atoms with E-state index >= 15 is 0 Å². The first-order valence-corrected chi connectivity index (χ1v) is 14.9. The lowest BCUT2D eigenvalue weighted by molar-refractivity contribution is 0.788. The normalized spacial score (nSPS) is 12.2. The third-order valence-electron chi connectivity index (χ3n) is 7.70. The van der Waals surface area contributed by atoms with Crippen molar-refractivity contribution in [1.29, 1.82) is 0 Å². The van der Waals surface area contributed by atoms with Gasteiger partial charge in [-0.05, 0) is 88.5 Å². The van der Waals surface area contributed by atoms with Crippen molar-refractivity contribution in [2.75, 3.05) is 0 Å². The van der Waals surface area contributed by atoms with Gasteiger partial charge >= 0.3 is 0 Å². The second kappa shape index (κ2) is 10.8. The number of hydrogen-bond acceptors (Lipinski definition) is 2. The maximum Gasteiger partial charge on any atom is 0.0737 e. The average Bonchev–Trinajstić information content (AvgIpc) is 3.83. The Bertz CT molecular complexity index is 1840. The Morgan fingerprint density at radius 3 is 1.46 bits per heavy atom. The van der Waals surface area contributed by atoms with Crippen molar-refractivity contribution in [3.05, 3.63) is 118 Å². The molecule has 0 unspecified atom stereocenters. The van der Waals surface area contributed by atoms with Crippen LogP contribution in [0.15, 0.2) is 89.4 Å². The minimum atomic E-state index is 0.923. The second-order valence-corrected chi connectivity index (χ2v) is 11.2. The van der Waals surface area contributed by atoms with Gasteiger partial charge in [-0.1, -0.05) is 74.0 Å². The van der Waals surface area contributed by atoms with Gasteiger partial charge in [0.2, 0.25) is 0 Å². The molecule has 0 radical (unpaired) electrons. The fourth-order valence-corrected chi connectivity index (χ4v) is 6.12. The lowest BCUT2D eigenvalue weighted by Crippen LogP contribution is -1.95. The Balaban J connectivity index is 1.64. The minimum Gasteiger partial charge on any atom is -0.354 e. The van der Waals surface area contributed by atoms with Crippen LogP contribution in [0.4, 0.5) is 0 Å². The first-order chi connectivity index (χ1) is 20.2. The van der Waals surface area contributed by atoms with E-state index in [-0.39, 0.29) is 0 Å². The van der Waals surface area contributed by atoms with Crippen molar-refractivity contribution in [2.45, 2.75) is 26.2 Å². The highest BCUT2D eigenvalue weighted by Crippen LogP contribution is 2.35. The van der Waals surface area contributed by atoms with Crippen LogP contribution in [-0.2, 0) is 6.42 Å². The molecule has 5 heteroatoms. The maximum absolute atomic E-state index is 5.24. The van der Waals surface area contributed by atoms with Crippen LogP contribution in [0.1, 0.15) is 48.1 Å². The van der Waals surface area contributed by atoms with Crippen LogP contribution in [-0.4, -0.2) is 19.9 Å². The summed E-state index contributed by atoms with van der Waals surface area (Å²) in [6.07, 6.45) is 11.7. The topological polar surface area (TPSA) is 57.4 Å². The van der Waals surface area contributed by atoms with E-state index in [0.29, 0.717) is 0 Å². The molecule has 0 fully saturated rings. The molecule has 0 atom stereocenters. The van der Waals surface area contributed by atoms with E-state index in [2.05, 4.69) is 130 Å². The fraction of sp³-hybridized carbons (Fsp3) is 0.111. The number of fused-ring (bicyclic) bond motifs is 8. The summed E-state index contributed by atoms with van der Waals surface area (Å²) in [6.45, 7) is 2.23. The van der Waals surface area contributed by atoms with Crippen molar-refractivity contribution in [1.82, 2.24) is 19.9 Å². The first-order valence-electron chi connectivity index (χ1n) is 14.1. The molecule has 2 aliphatic rings. The number of benzene rings is 2. The zero-order chi connectivity index (χ0) is 27.8. The van der Waals surface area contributed by atoms with Crippen LogP contribution in [0.5, 0.6) is 0 Å². The van der Waals surface area contributed by atoms with E-state index in [0.717, 1.165) is 90.8 Å². The second-order valence-electron chi connectivity index (χ2n) is 10.4. The highest BCUT2D eigenvalue weighted by atomic mass is 79.9. The predicted octanol–water partition coefficient (Wildman–Crippen LogP) is 10.1. The molecule has 2 aliphatic heterocycles. The zero-order valence-electron chi connectivity index (χ0n) is 22.8. The predicted molar refractivity (Wildman–Crippen MR) is 176 cm³/mol. The summed E-state index contributed by atoms with van der Waals surface area (Å²) in [7, 11) is 0. The van der Waals surface area contributed by atoms with Crippen LogP contribution in [0.3, 0.4) is 0 Å². The zero-order valence-corrected chi connectivity index (χ0v) is 24.4. The minimum absolute atomic E-state index is 0.923. The largest absolute Gasteiger partial charge is 0.354 e. The third-order valence-corrected chi connectivity index (χ3v) is 8.55. The van der Waals surface area contributed by atoms with E-state index in [1.807, 2.05) is 12.1 Å². The molecule has 2 aromatic carbocycles. The molecule has 5 aromatic rings. The number of H-pyrrole nitrogens is 2. The molecule has 0 spiro atoms. The van der Waals surface area contributed by atoms with Gasteiger partial charge in [-0.3, -0.25) is 0 Å². The number of nitrogens with one attached hydrogen (secondary N) is 2. The molecule has 0 aliphatic carbocycles. The van der Waals surface area contributed by atoms with Gasteiger partial charge in [-0.15, -0.1) is 0 Å². The van der Waals surface area contributed by atoms with E-state index in [9.17, 15) is 0 Å². The summed E-state index contributed by atoms with van der Waals surface area (Å²) in [4.78, 5) is 17.8. The summed E-state index contributed by atoms with van der Waals surface area (Å²) in [5.41, 5.74) is 13.5. The number of aromatic nitrogens is 4. The lowest BCUT2D eigenvalue weighted by atomic mass is 10.0. The molecule has 4 nitrogen and oxygen atoms in total. The number of hydrogen-bond donors (Lipinski definition) is 2. The van der Waals surface area contributed by atoms with Gasteiger partial charge in [0.25, 0.3) is 0 Å². The van der Waals surface area contributed by atoms with Crippen molar-refractivity contribution in [3.8, 4) is 22.3 Å². The summed E-state index contributed by atoms with van der Waals surface area (Å²) in [6, 6.07) is 29.5. The molecule has 5 heterocycles. The van der Waals surface area contributed by atoms with Crippen LogP contribution in [0, 0.1) is 0 Å². The van der Waals surface area contributed by atoms with Crippen molar-refractivity contribution < 1.29 is 0 Å². The van der Waals surface area contributed by atoms with Gasteiger partial charge in [-0.25, -0.2) is 9.97 Å². The fourth-order valence-electron chi connectivity index (χ4n) is 5.66. The van der Waals surface area contributed by atoms with Gasteiger partial charge < -0.3 is 9.97 Å². The molecule has 200 valence electrons. The number of unbranched alkanes of at least 4 members (excludes halogenated alkanes) is 1. The number of aromatic amines is 2. The maximum atomic E-state index is 5.24. The molecule has 2 N–H and O–H groups in total. The third kappa shape index (κ3) is 4.76. The standard InChI is InChI=1S/C36H29BrN4/c1-2-3-14-25-26-15-17-28(38-26)34(23-10-6-4-7-11-23)30-19-21-32(40-30)36(37)33-22-20-31(41-33)35(24-12-8-5-9-13-24)29-18-16-27(25)39-29/h4-13,15-22,40-41H,2-3,14H2,1H3. The summed E-state index contributed by atoms with van der Waals surface area (Å²) < 4.78 is 0.962. The Kier molecular flexibility index (Phi) is 6.73. The molecule has 0 saturated heterocycles. The first kappa shape index (κ1) is 25.5. The smallest absolute Gasteiger partial charge is 0.0737 e. The lowest BCUT2D eigenvalue weighted by Gasteiger charge is -2.05. The van der Waals surface area contributed by atoms with Crippen molar-refractivity contribution in [2.24, 2.45) is 0 Å². The molecule has 8 bridgehead atoms. The number of halogens is 1. The van der Waals surface area contributed by atoms with Crippen LogP contribution >= 0.6 is 15.9 Å². The van der Waals surface area contributed by atoms with Crippen LogP contribution < -0.4 is 0 Å². The molecule has 0 saturated carbocycles. The Morgan fingerprint density at radius 1 is 0.561 bits per heavy atom. The Labute approximate surface area is 247 Å². The molecule has 7 rings (SSSR count). The Hall–Kier alpha value is -4.48. The van der Waals surface area contributed by atoms with E-state index in [4.69, 9.17) is 9.97 Å². The molecular formula is C36H29BrN4. The van der Waals surface area contributed by atoms with E-state index in [1.165, 1.54) is 5.56 Å². The van der Waals surface area contributed by atoms with Crippen molar-refractivity contribution >= 4 is 62.3 Å². The Morgan fingerprint density at radius 2 is 1.00 bits per heavy atom. The van der Waals surface area contributed by atoms with E-state index in [1.54, 1.807) is 0 Å². The summed E-state index contributed by atoms with van der Waals surface area (Å²) >= 11 is 3.88. The quantitative estimate of drug-likeness (QED) is 0.207. The molecule has 0 amide bonds. The number of nitrogens with zero attached hydrogens (tertiary/aromatic N) is 2. The average molecular weight is 598 g/mol. The van der Waals surface area contributed by atoms with Gasteiger partial charge in [-0.2, -0.15) is 0 Å². The van der Waals surface area contributed by atoms with Crippen LogP contribution in [0.25, 0.3) is 68.6 Å². The van der Waals surface area contributed by atoms with Gasteiger partial charge in [0, 0.05) is 27.7 Å². The van der Waals surface area contributed by atoms with Crippen LogP contribution in [0.2, 0.25) is 0 Å². The highest BCUT2D eigenvalue weighted by molar-refractivity contribution is 9.10. The van der Waals surface area contributed by atoms with Gasteiger partial charge in [0.15, 0.2) is 0 Å². The van der Waals surface area contributed by atoms with Crippen molar-refractivity contribution in [3.63, 3.8) is 0 Å². The highest BCUT2D eigenvalue weighted by Gasteiger charge is 2.17. The van der Waals surface area contributed by atoms with Gasteiger partial charge in [0.1, 0.15) is 0 Å². The SMILES string of the molecule is CCCCc1c2nc(c(-c3ccccc3)c3ccc([nH]3)c(Br)c3ccc([nH]3)c(-c3ccccc3)c3nc1C=C3)C=C2. The molecule has 41 heavy (non-hydrogen) atoms. The number of rotatable bonds is 5. The summed E-state index contributed by atoms with van der Waals surface area (Å²) in [5, 5.41) is 0. The molecular weight excluding hydrogens is 568 g/mol. The summed E-state index contributed by atoms with van der Waals surface area (Å²) in [5.74, 6) is 0. The monoisotopic (exact) mass is 596 g/mol. The molecule has 3 aromatic heterocycles.